The third-order valence-electron chi connectivity index (χ3n) is 15.4. The molecule has 2 amide bonds. The number of nitrogens with one attached hydrogen (secondary N) is 2. The average molecular weight is 1290 g/mol. The smallest absolute Gasteiger partial charge is 0.408 e. The molecular formula is C65H99N3O23. The van der Waals surface area contributed by atoms with E-state index in [-0.39, 0.29) is 79.9 Å². The van der Waals surface area contributed by atoms with Crippen LogP contribution in [0.3, 0.4) is 0 Å². The van der Waals surface area contributed by atoms with E-state index in [1.807, 2.05) is 6.79 Å². The molecule has 4 aliphatic rings. The van der Waals surface area contributed by atoms with Crippen LogP contribution in [0.25, 0.3) is 0 Å². The number of carbonyl (C=O) groups excluding carboxylic acids is 11. The molecule has 2 saturated carbocycles. The van der Waals surface area contributed by atoms with Crippen molar-refractivity contribution in [1.29, 1.82) is 0 Å². The van der Waals surface area contributed by atoms with Crippen molar-refractivity contribution in [1.82, 2.24) is 10.7 Å². The Morgan fingerprint density at radius 1 is 0.824 bits per heavy atom. The molecule has 26 nitrogen and oxygen atoms in total. The number of alkyl carbamates (subject to hydrolysis) is 1. The number of benzene rings is 2. The highest BCUT2D eigenvalue weighted by atomic mass is 16.7. The minimum absolute atomic E-state index is 0. The first-order chi connectivity index (χ1) is 39.8. The molecule has 14 atom stereocenters. The lowest BCUT2D eigenvalue weighted by molar-refractivity contribution is -0.352. The van der Waals surface area contributed by atoms with E-state index in [2.05, 4.69) is 15.8 Å². The van der Waals surface area contributed by atoms with Crippen molar-refractivity contribution in [2.45, 2.75) is 206 Å². The molecule has 2 aromatic carbocycles. The normalized spacial score (nSPS) is 25.2. The van der Waals surface area contributed by atoms with Gasteiger partial charge in [0.15, 0.2) is 24.3 Å². The Balaban J connectivity index is 0. The largest absolute Gasteiger partial charge is 0.455 e. The van der Waals surface area contributed by atoms with E-state index in [0.717, 1.165) is 13.1 Å². The van der Waals surface area contributed by atoms with Gasteiger partial charge in [0.05, 0.1) is 35.5 Å². The summed E-state index contributed by atoms with van der Waals surface area (Å²) in [6.07, 6.45) is -14.8. The van der Waals surface area contributed by atoms with Crippen molar-refractivity contribution in [3.8, 4) is 0 Å². The van der Waals surface area contributed by atoms with Gasteiger partial charge in [0.25, 0.3) is 5.91 Å². The van der Waals surface area contributed by atoms with Crippen molar-refractivity contribution in [2.24, 2.45) is 33.7 Å². The maximum absolute atomic E-state index is 15.2. The van der Waals surface area contributed by atoms with Gasteiger partial charge in [-0.15, -0.1) is 0 Å². The molecular weight excluding hydrogens is 1190 g/mol. The van der Waals surface area contributed by atoms with Gasteiger partial charge in [-0.25, -0.2) is 19.8 Å². The second-order valence-electron chi connectivity index (χ2n) is 22.8. The highest BCUT2D eigenvalue weighted by Gasteiger charge is 2.74. The van der Waals surface area contributed by atoms with Gasteiger partial charge in [-0.05, 0) is 70.4 Å². The van der Waals surface area contributed by atoms with E-state index >= 15 is 9.59 Å². The van der Waals surface area contributed by atoms with E-state index in [9.17, 15) is 53.7 Å². The van der Waals surface area contributed by atoms with Crippen LogP contribution in [0.15, 0.2) is 76.9 Å². The quantitative estimate of drug-likeness (QED) is 0.0213. The minimum atomic E-state index is -2.45. The Labute approximate surface area is 534 Å². The highest BCUT2D eigenvalue weighted by molar-refractivity contribution is 5.95. The monoisotopic (exact) mass is 1290 g/mol. The summed E-state index contributed by atoms with van der Waals surface area (Å²) >= 11 is 0. The number of ether oxygens (including phenoxy) is 9. The summed E-state index contributed by atoms with van der Waals surface area (Å²) in [5.74, 6) is -12.1. The van der Waals surface area contributed by atoms with Crippen LogP contribution in [0.1, 0.15) is 161 Å². The maximum Gasteiger partial charge on any atom is 0.408 e. The third-order valence-corrected chi connectivity index (χ3v) is 15.4. The van der Waals surface area contributed by atoms with Crippen LogP contribution in [0, 0.1) is 28.6 Å². The third kappa shape index (κ3) is 19.9. The number of hydrazone groups is 1. The van der Waals surface area contributed by atoms with Crippen LogP contribution in [0.2, 0.25) is 0 Å². The molecule has 0 aromatic heterocycles. The summed E-state index contributed by atoms with van der Waals surface area (Å²) in [6.45, 7) is 15.3. The summed E-state index contributed by atoms with van der Waals surface area (Å²) in [6, 6.07) is 14.0. The predicted molar refractivity (Wildman–Crippen MR) is 333 cm³/mol. The van der Waals surface area contributed by atoms with Gasteiger partial charge in [-0.2, -0.15) is 5.10 Å². The zero-order valence-corrected chi connectivity index (χ0v) is 49.2. The summed E-state index contributed by atoms with van der Waals surface area (Å²) in [4.78, 5) is 142. The summed E-state index contributed by atoms with van der Waals surface area (Å²) in [5, 5.41) is 44.6. The number of methoxy groups -OCH3 is 1. The number of rotatable bonds is 21. The van der Waals surface area contributed by atoms with Crippen molar-refractivity contribution in [3.05, 3.63) is 82.9 Å². The molecule has 2 bridgehead atoms. The lowest BCUT2D eigenvalue weighted by Crippen LogP contribution is -2.76. The first-order valence-electron chi connectivity index (χ1n) is 27.2. The second kappa shape index (κ2) is 35.7. The molecule has 1 heterocycles. The average Bonchev–Trinajstić information content (AvgIpc) is 0.682. The number of amides is 2. The number of carbonyl (C=O) groups is 11. The van der Waals surface area contributed by atoms with E-state index in [0.29, 0.717) is 0 Å². The Morgan fingerprint density at radius 2 is 1.41 bits per heavy atom. The van der Waals surface area contributed by atoms with Crippen LogP contribution >= 0.6 is 0 Å². The number of fused-ring (bicyclic) bond motifs is 5. The summed E-state index contributed by atoms with van der Waals surface area (Å²) in [5.41, 5.74) is -5.02. The van der Waals surface area contributed by atoms with Crippen molar-refractivity contribution in [3.63, 3.8) is 0 Å². The Bertz CT molecular complexity index is 2870. The van der Waals surface area contributed by atoms with Crippen LogP contribution in [0.5, 0.6) is 0 Å². The maximum atomic E-state index is 15.2. The summed E-state index contributed by atoms with van der Waals surface area (Å²) in [7, 11) is 1.28. The van der Waals surface area contributed by atoms with Gasteiger partial charge in [0, 0.05) is 50.3 Å². The van der Waals surface area contributed by atoms with E-state index in [1.165, 1.54) is 72.9 Å². The van der Waals surface area contributed by atoms with Gasteiger partial charge in [0.2, 0.25) is 12.4 Å². The number of aliphatic hydroxyl groups is 3. The number of aliphatic hydroxyl groups excluding tert-OH is 2. The molecule has 6 rings (SSSR count). The lowest BCUT2D eigenvalue weighted by Gasteiger charge is -2.65. The summed E-state index contributed by atoms with van der Waals surface area (Å²) < 4.78 is 50.0. The highest BCUT2D eigenvalue weighted by Crippen LogP contribution is 2.63. The molecule has 1 aliphatic heterocycles. The van der Waals surface area contributed by atoms with Crippen LogP contribution < -0.4 is 10.7 Å². The second-order valence-corrected chi connectivity index (χ2v) is 22.8. The number of esters is 6. The Hall–Kier alpha value is -7.78. The zero-order valence-electron chi connectivity index (χ0n) is 49.2. The van der Waals surface area contributed by atoms with Crippen LogP contribution in [-0.2, 0) is 85.8 Å². The number of Topliss-reactive ketones (excluding diaryl/α,β-unsaturated/α-hetero) is 2. The molecule has 512 valence electrons. The van der Waals surface area contributed by atoms with Gasteiger partial charge >= 0.3 is 41.9 Å². The van der Waals surface area contributed by atoms with Gasteiger partial charge in [-0.3, -0.25) is 33.6 Å². The van der Waals surface area contributed by atoms with Crippen molar-refractivity contribution < 1.29 is 111 Å². The number of hydrogen-bond donors (Lipinski definition) is 5. The molecule has 5 N–H and O–H groups in total. The van der Waals surface area contributed by atoms with Gasteiger partial charge < -0.3 is 68.1 Å². The Kier molecular flexibility index (Phi) is 33.5. The standard InChI is InChI=1S/C58H73N3O22.CH2O.6CH4/c1-29(26-59-61-39(65)28-76-40(66)24-42(68)77-31(3)35(63)27-75-11)22-41(67)81-48(46(33-18-14-12-15-19-33)60-54(73)83-55(5,6)7)52(72)79-37-25-58(74)50(82-51(71)34-20-16-13-17-21-34)45-43-36(80-53(43)78-32(4)62)23-38(64)57(45,10)49(70)47(69)44(30(37)2)56(58,8)9;1-2;;;;;;/h12-21,26,29,31,36-38,43,45-48,50,53,64,69,74H,22-25,27-28H2,1-11H3,(H,60,73)(H,61,65);1H2;6*1H4. The predicted octanol–water partition coefficient (Wildman–Crippen LogP) is 6.85. The fraction of sp³-hybridized carbons (Fsp3) is 0.600. The van der Waals surface area contributed by atoms with E-state index in [4.69, 9.17) is 47.4 Å². The first-order valence-corrected chi connectivity index (χ1v) is 27.2. The molecule has 14 unspecified atom stereocenters. The van der Waals surface area contributed by atoms with E-state index in [1.54, 1.807) is 57.2 Å². The fourth-order valence-electron chi connectivity index (χ4n) is 11.2. The van der Waals surface area contributed by atoms with Crippen molar-refractivity contribution >= 4 is 72.4 Å². The zero-order chi connectivity index (χ0) is 63.5. The van der Waals surface area contributed by atoms with E-state index < -0.39 is 180 Å². The molecule has 91 heavy (non-hydrogen) atoms. The molecule has 1 saturated heterocycles. The number of nitrogens with zero attached hydrogens (tertiary/aromatic N) is 1. The van der Waals surface area contributed by atoms with Gasteiger partial charge in [-0.1, -0.05) is 114 Å². The number of hydrogen-bond acceptors (Lipinski definition) is 24. The molecule has 26 heteroatoms. The van der Waals surface area contributed by atoms with Gasteiger partial charge in [0.1, 0.15) is 55.4 Å². The van der Waals surface area contributed by atoms with Crippen LogP contribution in [0.4, 0.5) is 4.79 Å². The SMILES string of the molecule is C.C.C.C.C.C.C=O.COCC(=O)C(C)OC(=O)CC(=O)OCC(=O)NN=CC(C)CC(=O)OC(C(=O)OC1CC2(O)C(OC(=O)c3ccccc3)C3C4C(CC(O)C3(C)C(=O)C(O)C(=C1C)C2(C)C)OC4OC(C)=O)C(NC(=O)OC(C)(C)C)c1ccccc1. The molecule has 0 radical (unpaired) electrons. The van der Waals surface area contributed by atoms with Crippen LogP contribution in [-0.4, -0.2) is 168 Å². The Morgan fingerprint density at radius 3 is 1.97 bits per heavy atom. The lowest BCUT2D eigenvalue weighted by atomic mass is 9.45. The first kappa shape index (κ1) is 85.3. The minimum Gasteiger partial charge on any atom is -0.455 e. The molecule has 3 aliphatic carbocycles. The number of ketones is 2. The molecule has 2 aromatic rings. The van der Waals surface area contributed by atoms with Crippen molar-refractivity contribution in [2.75, 3.05) is 20.3 Å². The molecule has 0 spiro atoms. The topological polar surface area (TPSA) is 368 Å². The molecule has 3 fully saturated rings. The fourth-order valence-corrected chi connectivity index (χ4v) is 11.2.